The van der Waals surface area contributed by atoms with Crippen LogP contribution in [0.5, 0.6) is 0 Å². The molecular weight excluding hydrogens is 306 g/mol. The molecule has 24 heavy (non-hydrogen) atoms. The number of amides is 1. The van der Waals surface area contributed by atoms with Crippen molar-refractivity contribution < 1.29 is 14.7 Å². The van der Waals surface area contributed by atoms with E-state index in [0.29, 0.717) is 17.7 Å². The molecule has 0 aliphatic rings. The summed E-state index contributed by atoms with van der Waals surface area (Å²) in [5.74, 6) is -1.29. The Morgan fingerprint density at radius 3 is 2.38 bits per heavy atom. The summed E-state index contributed by atoms with van der Waals surface area (Å²) in [6, 6.07) is 7.24. The molecule has 2 rings (SSSR count). The summed E-state index contributed by atoms with van der Waals surface area (Å²) in [6.07, 6.45) is 2.18. The van der Waals surface area contributed by atoms with Crippen LogP contribution in [0.3, 0.4) is 0 Å². The van der Waals surface area contributed by atoms with Gasteiger partial charge in [-0.3, -0.25) is 14.3 Å². The van der Waals surface area contributed by atoms with E-state index in [0.717, 1.165) is 11.3 Å². The summed E-state index contributed by atoms with van der Waals surface area (Å²) in [5, 5.41) is 16.1. The lowest BCUT2D eigenvalue weighted by Gasteiger charge is -2.09. The van der Waals surface area contributed by atoms with E-state index in [4.69, 9.17) is 5.11 Å². The Morgan fingerprint density at radius 2 is 1.83 bits per heavy atom. The molecule has 1 unspecified atom stereocenters. The summed E-state index contributed by atoms with van der Waals surface area (Å²) in [7, 11) is 1.79. The van der Waals surface area contributed by atoms with Gasteiger partial charge in [0.25, 0.3) is 5.91 Å². The first-order valence-corrected chi connectivity index (χ1v) is 7.94. The van der Waals surface area contributed by atoms with E-state index in [1.807, 2.05) is 26.0 Å². The number of rotatable bonds is 6. The maximum absolute atomic E-state index is 12.5. The van der Waals surface area contributed by atoms with Gasteiger partial charge in [-0.15, -0.1) is 0 Å². The largest absolute Gasteiger partial charge is 0.481 e. The number of carboxylic acid groups (broad SMARTS) is 1. The lowest BCUT2D eigenvalue weighted by molar-refractivity contribution is -0.141. The summed E-state index contributed by atoms with van der Waals surface area (Å²) < 4.78 is 1.64. The molecule has 0 aliphatic heterocycles. The number of nitrogens with one attached hydrogen (secondary N) is 1. The first-order valence-electron chi connectivity index (χ1n) is 7.94. The van der Waals surface area contributed by atoms with Crippen molar-refractivity contribution in [3.05, 3.63) is 47.3 Å². The molecule has 0 fully saturated rings. The van der Waals surface area contributed by atoms with E-state index in [9.17, 15) is 9.59 Å². The second kappa shape index (κ2) is 7.29. The SMILES string of the molecule is CC(Cc1ccc(NC(=O)c2cn(C)nc2C(C)C)cc1)C(=O)O. The highest BCUT2D eigenvalue weighted by Crippen LogP contribution is 2.19. The van der Waals surface area contributed by atoms with Crippen molar-refractivity contribution in [3.63, 3.8) is 0 Å². The summed E-state index contributed by atoms with van der Waals surface area (Å²) in [6.45, 7) is 5.67. The quantitative estimate of drug-likeness (QED) is 0.853. The first-order chi connectivity index (χ1) is 11.3. The van der Waals surface area contributed by atoms with Gasteiger partial charge in [0.1, 0.15) is 0 Å². The Kier molecular flexibility index (Phi) is 5.39. The second-order valence-corrected chi connectivity index (χ2v) is 6.35. The summed E-state index contributed by atoms with van der Waals surface area (Å²) >= 11 is 0. The number of benzene rings is 1. The Balaban J connectivity index is 2.09. The monoisotopic (exact) mass is 329 g/mol. The molecule has 0 saturated carbocycles. The zero-order chi connectivity index (χ0) is 17.9. The van der Waals surface area contributed by atoms with E-state index in [1.165, 1.54) is 0 Å². The molecule has 0 radical (unpaired) electrons. The lowest BCUT2D eigenvalue weighted by atomic mass is 10.0. The number of hydrogen-bond acceptors (Lipinski definition) is 3. The molecule has 0 spiro atoms. The van der Waals surface area contributed by atoms with Gasteiger partial charge in [0.15, 0.2) is 0 Å². The van der Waals surface area contributed by atoms with Crippen molar-refractivity contribution in [2.45, 2.75) is 33.1 Å². The minimum Gasteiger partial charge on any atom is -0.481 e. The van der Waals surface area contributed by atoms with Crippen LogP contribution >= 0.6 is 0 Å². The number of carboxylic acids is 1. The molecule has 1 aromatic carbocycles. The Bertz CT molecular complexity index is 732. The van der Waals surface area contributed by atoms with Crippen molar-refractivity contribution in [1.82, 2.24) is 9.78 Å². The van der Waals surface area contributed by atoms with Gasteiger partial charge in [0.2, 0.25) is 0 Å². The van der Waals surface area contributed by atoms with Crippen LogP contribution in [0.15, 0.2) is 30.5 Å². The van der Waals surface area contributed by atoms with Crippen LogP contribution in [0.25, 0.3) is 0 Å². The maximum Gasteiger partial charge on any atom is 0.306 e. The van der Waals surface area contributed by atoms with Crippen molar-refractivity contribution >= 4 is 17.6 Å². The van der Waals surface area contributed by atoms with Gasteiger partial charge >= 0.3 is 5.97 Å². The Labute approximate surface area is 141 Å². The minimum absolute atomic E-state index is 0.159. The van der Waals surface area contributed by atoms with Gasteiger partial charge in [-0.2, -0.15) is 5.10 Å². The Hall–Kier alpha value is -2.63. The molecular formula is C18H23N3O3. The average molecular weight is 329 g/mol. The fourth-order valence-electron chi connectivity index (χ4n) is 2.47. The molecule has 6 heteroatoms. The van der Waals surface area contributed by atoms with Gasteiger partial charge in [0.05, 0.1) is 17.2 Å². The highest BCUT2D eigenvalue weighted by molar-refractivity contribution is 6.05. The van der Waals surface area contributed by atoms with Gasteiger partial charge < -0.3 is 10.4 Å². The summed E-state index contributed by atoms with van der Waals surface area (Å²) in [4.78, 5) is 23.4. The Morgan fingerprint density at radius 1 is 1.21 bits per heavy atom. The third-order valence-electron chi connectivity index (χ3n) is 3.82. The van der Waals surface area contributed by atoms with Crippen LogP contribution in [0.1, 0.15) is 48.3 Å². The fraction of sp³-hybridized carbons (Fsp3) is 0.389. The van der Waals surface area contributed by atoms with Crippen LogP contribution in [-0.2, 0) is 18.3 Å². The highest BCUT2D eigenvalue weighted by atomic mass is 16.4. The van der Waals surface area contributed by atoms with Crippen LogP contribution in [0, 0.1) is 5.92 Å². The number of aryl methyl sites for hydroxylation is 1. The zero-order valence-electron chi connectivity index (χ0n) is 14.4. The van der Waals surface area contributed by atoms with Gasteiger partial charge in [-0.25, -0.2) is 0 Å². The van der Waals surface area contributed by atoms with Crippen LogP contribution < -0.4 is 5.32 Å². The van der Waals surface area contributed by atoms with Gasteiger partial charge in [-0.05, 0) is 30.0 Å². The summed E-state index contributed by atoms with van der Waals surface area (Å²) in [5.41, 5.74) is 2.93. The topological polar surface area (TPSA) is 84.2 Å². The number of nitrogens with zero attached hydrogens (tertiary/aromatic N) is 2. The molecule has 1 aromatic heterocycles. The van der Waals surface area contributed by atoms with Gasteiger partial charge in [-0.1, -0.05) is 32.9 Å². The maximum atomic E-state index is 12.5. The van der Waals surface area contributed by atoms with Crippen molar-refractivity contribution in [1.29, 1.82) is 0 Å². The standard InChI is InChI=1S/C18H23N3O3/c1-11(2)16-15(10-21(4)20-16)17(22)19-14-7-5-13(6-8-14)9-12(3)18(23)24/h5-8,10-12H,9H2,1-4H3,(H,19,22)(H,23,24). The molecule has 0 aliphatic carbocycles. The van der Waals surface area contributed by atoms with Crippen molar-refractivity contribution in [3.8, 4) is 0 Å². The average Bonchev–Trinajstić information content (AvgIpc) is 2.91. The third-order valence-corrected chi connectivity index (χ3v) is 3.82. The molecule has 2 aromatic rings. The number of anilines is 1. The first kappa shape index (κ1) is 17.7. The lowest BCUT2D eigenvalue weighted by Crippen LogP contribution is -2.14. The van der Waals surface area contributed by atoms with Crippen LogP contribution in [-0.4, -0.2) is 26.8 Å². The number of carbonyl (C=O) groups is 2. The van der Waals surface area contributed by atoms with Crippen LogP contribution in [0.2, 0.25) is 0 Å². The third kappa shape index (κ3) is 4.22. The highest BCUT2D eigenvalue weighted by Gasteiger charge is 2.18. The molecule has 0 bridgehead atoms. The van der Waals surface area contributed by atoms with E-state index in [-0.39, 0.29) is 11.8 Å². The van der Waals surface area contributed by atoms with Crippen LogP contribution in [0.4, 0.5) is 5.69 Å². The zero-order valence-corrected chi connectivity index (χ0v) is 14.4. The second-order valence-electron chi connectivity index (χ2n) is 6.35. The van der Waals surface area contributed by atoms with E-state index < -0.39 is 11.9 Å². The number of aromatic nitrogens is 2. The molecule has 6 nitrogen and oxygen atoms in total. The van der Waals surface area contributed by atoms with Crippen molar-refractivity contribution in [2.24, 2.45) is 13.0 Å². The number of carbonyl (C=O) groups excluding carboxylic acids is 1. The predicted molar refractivity (Wildman–Crippen MR) is 92.2 cm³/mol. The van der Waals surface area contributed by atoms with E-state index in [2.05, 4.69) is 10.4 Å². The molecule has 1 atom stereocenters. The molecule has 128 valence electrons. The molecule has 1 amide bonds. The fourth-order valence-corrected chi connectivity index (χ4v) is 2.47. The van der Waals surface area contributed by atoms with Gasteiger partial charge in [0, 0.05) is 18.9 Å². The minimum atomic E-state index is -0.815. The smallest absolute Gasteiger partial charge is 0.306 e. The number of aliphatic carboxylic acids is 1. The predicted octanol–water partition coefficient (Wildman–Crippen LogP) is 3.06. The normalized spacial score (nSPS) is 12.2. The molecule has 2 N–H and O–H groups in total. The number of hydrogen-bond donors (Lipinski definition) is 2. The van der Waals surface area contributed by atoms with E-state index in [1.54, 1.807) is 37.0 Å². The molecule has 1 heterocycles. The van der Waals surface area contributed by atoms with Crippen molar-refractivity contribution in [2.75, 3.05) is 5.32 Å². The molecule has 0 saturated heterocycles. The van der Waals surface area contributed by atoms with E-state index >= 15 is 0 Å².